The van der Waals surface area contributed by atoms with Gasteiger partial charge in [-0.3, -0.25) is 0 Å². The number of aromatic nitrogens is 1. The molecular formula is C13H19N2O+. The van der Waals surface area contributed by atoms with E-state index in [1.54, 1.807) is 6.20 Å². The molecule has 1 N–H and O–H groups in total. The molecule has 0 amide bonds. The standard InChI is InChI=1S/C13H18N2O/c1-13(2,3)11-6-4-5-9-7-10(15-16)8-14-12(9)11/h7-8,11H,4-6H2,1-3H3/p+1. The van der Waals surface area contributed by atoms with E-state index in [0.29, 0.717) is 11.6 Å². The Bertz CT molecular complexity index is 407. The highest BCUT2D eigenvalue weighted by Gasteiger charge is 2.35. The van der Waals surface area contributed by atoms with Crippen LogP contribution >= 0.6 is 0 Å². The minimum Gasteiger partial charge on any atom is -0.213 e. The van der Waals surface area contributed by atoms with Crippen LogP contribution in [0.1, 0.15) is 50.8 Å². The summed E-state index contributed by atoms with van der Waals surface area (Å²) in [7, 11) is 0. The molecule has 1 atom stereocenters. The highest BCUT2D eigenvalue weighted by atomic mass is 16.3. The zero-order chi connectivity index (χ0) is 11.8. The summed E-state index contributed by atoms with van der Waals surface area (Å²) in [4.78, 5) is 13.8. The normalized spacial score (nSPS) is 20.3. The molecule has 86 valence electrons. The number of aromatic amines is 1. The van der Waals surface area contributed by atoms with Crippen LogP contribution in [-0.2, 0) is 6.42 Å². The lowest BCUT2D eigenvalue weighted by Gasteiger charge is -2.31. The summed E-state index contributed by atoms with van der Waals surface area (Å²) in [6.07, 6.45) is 5.20. The van der Waals surface area contributed by atoms with Crippen LogP contribution in [0.15, 0.2) is 17.4 Å². The lowest BCUT2D eigenvalue weighted by atomic mass is 9.71. The molecule has 16 heavy (non-hydrogen) atoms. The van der Waals surface area contributed by atoms with Crippen molar-refractivity contribution < 1.29 is 4.98 Å². The van der Waals surface area contributed by atoms with Crippen molar-refractivity contribution in [3.05, 3.63) is 28.4 Å². The van der Waals surface area contributed by atoms with Crippen LogP contribution < -0.4 is 4.98 Å². The van der Waals surface area contributed by atoms with Crippen molar-refractivity contribution >= 4 is 5.69 Å². The van der Waals surface area contributed by atoms with Gasteiger partial charge >= 0.3 is 0 Å². The number of aryl methyl sites for hydroxylation is 1. The van der Waals surface area contributed by atoms with Gasteiger partial charge in [0, 0.05) is 11.5 Å². The van der Waals surface area contributed by atoms with Crippen molar-refractivity contribution in [3.8, 4) is 0 Å². The fourth-order valence-corrected chi connectivity index (χ4v) is 2.63. The average molecular weight is 219 g/mol. The van der Waals surface area contributed by atoms with Gasteiger partial charge in [0.1, 0.15) is 0 Å². The molecule has 1 aromatic heterocycles. The van der Waals surface area contributed by atoms with Crippen LogP contribution in [-0.4, -0.2) is 0 Å². The van der Waals surface area contributed by atoms with Gasteiger partial charge in [0.15, 0.2) is 17.6 Å². The van der Waals surface area contributed by atoms with Gasteiger partial charge in [-0.25, -0.2) is 4.98 Å². The lowest BCUT2D eigenvalue weighted by Crippen LogP contribution is -2.29. The molecule has 1 aliphatic rings. The highest BCUT2D eigenvalue weighted by molar-refractivity contribution is 5.38. The van der Waals surface area contributed by atoms with E-state index in [1.165, 1.54) is 24.1 Å². The molecule has 0 aliphatic heterocycles. The summed E-state index contributed by atoms with van der Waals surface area (Å²) in [6.45, 7) is 6.81. The number of nitrogens with zero attached hydrogens (tertiary/aromatic N) is 1. The first-order chi connectivity index (χ1) is 7.52. The van der Waals surface area contributed by atoms with E-state index in [1.807, 2.05) is 6.07 Å². The number of hydrogen-bond donors (Lipinski definition) is 0. The Balaban J connectivity index is 2.44. The number of H-pyrrole nitrogens is 1. The average Bonchev–Trinajstić information content (AvgIpc) is 2.26. The molecule has 1 aliphatic carbocycles. The summed E-state index contributed by atoms with van der Waals surface area (Å²) in [6, 6.07) is 1.93. The second-order valence-electron chi connectivity index (χ2n) is 5.70. The Kier molecular flexibility index (Phi) is 2.78. The molecule has 0 aromatic carbocycles. The first-order valence-electron chi connectivity index (χ1n) is 5.90. The Labute approximate surface area is 96.3 Å². The number of nitroso groups, excluding NO2 is 1. The van der Waals surface area contributed by atoms with Crippen LogP contribution in [0, 0.1) is 10.3 Å². The lowest BCUT2D eigenvalue weighted by molar-refractivity contribution is -0.396. The Morgan fingerprint density at radius 1 is 1.44 bits per heavy atom. The smallest absolute Gasteiger partial charge is 0.196 e. The number of nitrogens with one attached hydrogen (secondary N) is 1. The minimum atomic E-state index is 0.266. The van der Waals surface area contributed by atoms with Crippen LogP contribution in [0.3, 0.4) is 0 Å². The quantitative estimate of drug-likeness (QED) is 0.668. The SMILES string of the molecule is CC(C)(C)C1CCCc2cc(N=O)c[nH+]c21. The van der Waals surface area contributed by atoms with E-state index in [4.69, 9.17) is 0 Å². The second kappa shape index (κ2) is 3.96. The third-order valence-electron chi connectivity index (χ3n) is 3.48. The molecule has 3 heteroatoms. The summed E-state index contributed by atoms with van der Waals surface area (Å²) < 4.78 is 0. The van der Waals surface area contributed by atoms with Crippen molar-refractivity contribution in [1.29, 1.82) is 0 Å². The van der Waals surface area contributed by atoms with Gasteiger partial charge in [0.05, 0.1) is 0 Å². The van der Waals surface area contributed by atoms with Crippen molar-refractivity contribution in [1.82, 2.24) is 0 Å². The van der Waals surface area contributed by atoms with E-state index < -0.39 is 0 Å². The Morgan fingerprint density at radius 3 is 2.81 bits per heavy atom. The molecule has 0 radical (unpaired) electrons. The molecule has 1 heterocycles. The molecule has 3 nitrogen and oxygen atoms in total. The molecule has 1 unspecified atom stereocenters. The highest BCUT2D eigenvalue weighted by Crippen LogP contribution is 2.41. The molecule has 1 aromatic rings. The molecule has 0 bridgehead atoms. The summed E-state index contributed by atoms with van der Waals surface area (Å²) in [5.74, 6) is 0.553. The summed E-state index contributed by atoms with van der Waals surface area (Å²) in [5.41, 5.74) is 3.34. The predicted octanol–water partition coefficient (Wildman–Crippen LogP) is 3.36. The fourth-order valence-electron chi connectivity index (χ4n) is 2.63. The van der Waals surface area contributed by atoms with Crippen molar-refractivity contribution in [2.75, 3.05) is 0 Å². The zero-order valence-corrected chi connectivity index (χ0v) is 10.2. The maximum Gasteiger partial charge on any atom is 0.196 e. The molecular weight excluding hydrogens is 200 g/mol. The van der Waals surface area contributed by atoms with Crippen LogP contribution in [0.2, 0.25) is 0 Å². The van der Waals surface area contributed by atoms with E-state index in [0.717, 1.165) is 6.42 Å². The van der Waals surface area contributed by atoms with Gasteiger partial charge in [-0.05, 0) is 35.9 Å². The molecule has 0 saturated carbocycles. The number of pyridine rings is 1. The van der Waals surface area contributed by atoms with E-state index in [-0.39, 0.29) is 5.41 Å². The molecule has 0 spiro atoms. The van der Waals surface area contributed by atoms with E-state index in [2.05, 4.69) is 30.9 Å². The van der Waals surface area contributed by atoms with E-state index >= 15 is 0 Å². The Hall–Kier alpha value is -1.25. The fraction of sp³-hybridized carbons (Fsp3) is 0.615. The van der Waals surface area contributed by atoms with E-state index in [9.17, 15) is 4.91 Å². The molecule has 2 rings (SSSR count). The van der Waals surface area contributed by atoms with Gasteiger partial charge in [-0.15, -0.1) is 4.91 Å². The third kappa shape index (κ3) is 1.99. The number of rotatable bonds is 1. The maximum absolute atomic E-state index is 10.5. The predicted molar refractivity (Wildman–Crippen MR) is 63.6 cm³/mol. The van der Waals surface area contributed by atoms with Crippen molar-refractivity contribution in [2.45, 2.75) is 46.0 Å². The van der Waals surface area contributed by atoms with Crippen LogP contribution in [0.5, 0.6) is 0 Å². The number of fused-ring (bicyclic) bond motifs is 1. The third-order valence-corrected chi connectivity index (χ3v) is 3.48. The maximum atomic E-state index is 10.5. The summed E-state index contributed by atoms with van der Waals surface area (Å²) >= 11 is 0. The summed E-state index contributed by atoms with van der Waals surface area (Å²) in [5, 5.41) is 2.98. The Morgan fingerprint density at radius 2 is 2.19 bits per heavy atom. The van der Waals surface area contributed by atoms with Gasteiger partial charge in [0.2, 0.25) is 0 Å². The first kappa shape index (κ1) is 11.2. The van der Waals surface area contributed by atoms with Gasteiger partial charge in [0.25, 0.3) is 0 Å². The number of hydrogen-bond acceptors (Lipinski definition) is 2. The van der Waals surface area contributed by atoms with Crippen LogP contribution in [0.4, 0.5) is 5.69 Å². The van der Waals surface area contributed by atoms with Gasteiger partial charge in [-0.2, -0.15) is 0 Å². The first-order valence-corrected chi connectivity index (χ1v) is 5.90. The monoisotopic (exact) mass is 219 g/mol. The molecule has 0 fully saturated rings. The topological polar surface area (TPSA) is 43.6 Å². The van der Waals surface area contributed by atoms with Crippen molar-refractivity contribution in [3.63, 3.8) is 0 Å². The van der Waals surface area contributed by atoms with Gasteiger partial charge in [-0.1, -0.05) is 20.8 Å². The van der Waals surface area contributed by atoms with Crippen LogP contribution in [0.25, 0.3) is 0 Å². The largest absolute Gasteiger partial charge is 0.213 e. The minimum absolute atomic E-state index is 0.266. The second-order valence-corrected chi connectivity index (χ2v) is 5.70. The van der Waals surface area contributed by atoms with Crippen molar-refractivity contribution in [2.24, 2.45) is 10.6 Å². The van der Waals surface area contributed by atoms with Gasteiger partial charge < -0.3 is 0 Å². The molecule has 0 saturated heterocycles. The zero-order valence-electron chi connectivity index (χ0n) is 10.2.